The number of aliphatic imine (C=N–C) groups is 1. The number of nitrogens with zero attached hydrogens (tertiary/aromatic N) is 3. The topological polar surface area (TPSA) is 67.4 Å². The van der Waals surface area contributed by atoms with E-state index in [0.29, 0.717) is 6.54 Å². The maximum atomic E-state index is 5.33. The molecule has 0 amide bonds. The number of rotatable bonds is 6. The van der Waals surface area contributed by atoms with Crippen LogP contribution in [0.3, 0.4) is 0 Å². The summed E-state index contributed by atoms with van der Waals surface area (Å²) in [4.78, 5) is 4.27. The van der Waals surface area contributed by atoms with Gasteiger partial charge in [0.1, 0.15) is 5.76 Å². The second-order valence-electron chi connectivity index (χ2n) is 5.71. The van der Waals surface area contributed by atoms with E-state index in [0.717, 1.165) is 41.6 Å². The number of aryl methyl sites for hydroxylation is 1. The molecule has 138 valence electrons. The van der Waals surface area contributed by atoms with Gasteiger partial charge in [-0.25, -0.2) is 4.68 Å². The van der Waals surface area contributed by atoms with Crippen molar-refractivity contribution in [1.29, 1.82) is 0 Å². The largest absolute Gasteiger partial charge is 0.469 e. The molecule has 0 fully saturated rings. The Kier molecular flexibility index (Phi) is 7.71. The molecule has 26 heavy (non-hydrogen) atoms. The van der Waals surface area contributed by atoms with Gasteiger partial charge in [-0.3, -0.25) is 4.99 Å². The summed E-state index contributed by atoms with van der Waals surface area (Å²) in [6, 6.07) is 14.1. The summed E-state index contributed by atoms with van der Waals surface area (Å²) in [5.74, 6) is 1.72. The van der Waals surface area contributed by atoms with E-state index in [1.54, 1.807) is 13.3 Å². The van der Waals surface area contributed by atoms with E-state index in [1.165, 1.54) is 0 Å². The van der Waals surface area contributed by atoms with Gasteiger partial charge in [-0.05, 0) is 36.8 Å². The molecule has 0 saturated carbocycles. The molecule has 0 spiro atoms. The maximum absolute atomic E-state index is 5.33. The second kappa shape index (κ2) is 10.0. The summed E-state index contributed by atoms with van der Waals surface area (Å²) in [6.07, 6.45) is 4.48. The van der Waals surface area contributed by atoms with Gasteiger partial charge in [0.05, 0.1) is 17.6 Å². The number of halogens is 1. The lowest BCUT2D eigenvalue weighted by atomic mass is 10.2. The van der Waals surface area contributed by atoms with E-state index in [-0.39, 0.29) is 24.0 Å². The van der Waals surface area contributed by atoms with Crippen molar-refractivity contribution < 1.29 is 4.42 Å². The highest BCUT2D eigenvalue weighted by Crippen LogP contribution is 2.14. The predicted octanol–water partition coefficient (Wildman–Crippen LogP) is 3.30. The first kappa shape index (κ1) is 20.0. The SMILES string of the molecule is CN=C(NCCc1ccco1)NCc1ccccc1-n1ccc(C)n1.I. The van der Waals surface area contributed by atoms with E-state index in [1.807, 2.05) is 48.1 Å². The van der Waals surface area contributed by atoms with E-state index in [2.05, 4.69) is 32.9 Å². The molecule has 3 aromatic rings. The van der Waals surface area contributed by atoms with Crippen LogP contribution >= 0.6 is 24.0 Å². The van der Waals surface area contributed by atoms with Crippen molar-refractivity contribution in [3.05, 3.63) is 71.9 Å². The highest BCUT2D eigenvalue weighted by Gasteiger charge is 2.06. The number of benzene rings is 1. The summed E-state index contributed by atoms with van der Waals surface area (Å²) in [5.41, 5.74) is 3.21. The molecular formula is C19H24IN5O. The Morgan fingerprint density at radius 2 is 2.00 bits per heavy atom. The third-order valence-electron chi connectivity index (χ3n) is 3.87. The molecule has 2 N–H and O–H groups in total. The van der Waals surface area contributed by atoms with E-state index in [4.69, 9.17) is 4.42 Å². The minimum Gasteiger partial charge on any atom is -0.469 e. The van der Waals surface area contributed by atoms with Gasteiger partial charge in [0.25, 0.3) is 0 Å². The van der Waals surface area contributed by atoms with E-state index in [9.17, 15) is 0 Å². The molecule has 2 heterocycles. The first-order chi connectivity index (χ1) is 12.3. The van der Waals surface area contributed by atoms with Crippen molar-refractivity contribution in [3.63, 3.8) is 0 Å². The molecule has 2 aromatic heterocycles. The summed E-state index contributed by atoms with van der Waals surface area (Å²) < 4.78 is 7.24. The van der Waals surface area contributed by atoms with Gasteiger partial charge in [-0.15, -0.1) is 24.0 Å². The third-order valence-corrected chi connectivity index (χ3v) is 3.87. The van der Waals surface area contributed by atoms with Gasteiger partial charge in [0.15, 0.2) is 5.96 Å². The fourth-order valence-electron chi connectivity index (χ4n) is 2.59. The third kappa shape index (κ3) is 5.35. The summed E-state index contributed by atoms with van der Waals surface area (Å²) in [7, 11) is 1.77. The van der Waals surface area contributed by atoms with Gasteiger partial charge in [-0.2, -0.15) is 5.10 Å². The molecule has 0 unspecified atom stereocenters. The Hall–Kier alpha value is -2.29. The van der Waals surface area contributed by atoms with Crippen LogP contribution in [0.2, 0.25) is 0 Å². The molecule has 0 aliphatic heterocycles. The number of aromatic nitrogens is 2. The van der Waals surface area contributed by atoms with Crippen molar-refractivity contribution >= 4 is 29.9 Å². The molecule has 0 aliphatic carbocycles. The minimum atomic E-state index is 0. The van der Waals surface area contributed by atoms with Gasteiger partial charge < -0.3 is 15.1 Å². The molecule has 7 heteroatoms. The fraction of sp³-hybridized carbons (Fsp3) is 0.263. The number of nitrogens with one attached hydrogen (secondary N) is 2. The number of furan rings is 1. The highest BCUT2D eigenvalue weighted by molar-refractivity contribution is 14.0. The van der Waals surface area contributed by atoms with E-state index >= 15 is 0 Å². The van der Waals surface area contributed by atoms with Crippen molar-refractivity contribution in [2.45, 2.75) is 19.9 Å². The molecule has 3 rings (SSSR count). The van der Waals surface area contributed by atoms with E-state index < -0.39 is 0 Å². The average Bonchev–Trinajstić information content (AvgIpc) is 3.30. The van der Waals surface area contributed by atoms with Crippen LogP contribution in [0.4, 0.5) is 0 Å². The maximum Gasteiger partial charge on any atom is 0.191 e. The second-order valence-corrected chi connectivity index (χ2v) is 5.71. The number of hydrogen-bond acceptors (Lipinski definition) is 3. The number of para-hydroxylation sites is 1. The summed E-state index contributed by atoms with van der Waals surface area (Å²) in [5, 5.41) is 11.1. The van der Waals surface area contributed by atoms with Crippen molar-refractivity contribution in [1.82, 2.24) is 20.4 Å². The lowest BCUT2D eigenvalue weighted by Crippen LogP contribution is -2.38. The minimum absolute atomic E-state index is 0. The molecular weight excluding hydrogens is 441 g/mol. The quantitative estimate of drug-likeness (QED) is 0.333. The van der Waals surface area contributed by atoms with Crippen LogP contribution in [0.5, 0.6) is 0 Å². The normalized spacial score (nSPS) is 11.1. The summed E-state index contributed by atoms with van der Waals surface area (Å²) >= 11 is 0. The van der Waals surface area contributed by atoms with Crippen LogP contribution in [-0.2, 0) is 13.0 Å². The van der Waals surface area contributed by atoms with Crippen molar-refractivity contribution in [2.24, 2.45) is 4.99 Å². The number of guanidine groups is 1. The molecule has 0 radical (unpaired) electrons. The Balaban J connectivity index is 0.00000243. The Morgan fingerprint density at radius 1 is 1.15 bits per heavy atom. The van der Waals surface area contributed by atoms with Crippen LogP contribution < -0.4 is 10.6 Å². The van der Waals surface area contributed by atoms with Crippen LogP contribution in [0.25, 0.3) is 5.69 Å². The first-order valence-electron chi connectivity index (χ1n) is 8.33. The smallest absolute Gasteiger partial charge is 0.191 e. The van der Waals surface area contributed by atoms with Gasteiger partial charge in [0.2, 0.25) is 0 Å². The lowest BCUT2D eigenvalue weighted by molar-refractivity contribution is 0.507. The summed E-state index contributed by atoms with van der Waals surface area (Å²) in [6.45, 7) is 3.41. The molecule has 0 bridgehead atoms. The fourth-order valence-corrected chi connectivity index (χ4v) is 2.59. The Labute approximate surface area is 170 Å². The monoisotopic (exact) mass is 465 g/mol. The Morgan fingerprint density at radius 3 is 2.69 bits per heavy atom. The molecule has 0 atom stereocenters. The molecule has 0 aliphatic rings. The zero-order valence-corrected chi connectivity index (χ0v) is 17.3. The van der Waals surface area contributed by atoms with Crippen molar-refractivity contribution in [2.75, 3.05) is 13.6 Å². The number of hydrogen-bond donors (Lipinski definition) is 2. The van der Waals surface area contributed by atoms with Gasteiger partial charge in [-0.1, -0.05) is 18.2 Å². The standard InChI is InChI=1S/C19H23N5O.HI/c1-15-10-12-24(23-15)18-8-4-3-6-16(18)14-22-19(20-2)21-11-9-17-7-5-13-25-17;/h3-8,10,12-13H,9,11,14H2,1-2H3,(H2,20,21,22);1H. The molecule has 0 saturated heterocycles. The van der Waals surface area contributed by atoms with Gasteiger partial charge >= 0.3 is 0 Å². The average molecular weight is 465 g/mol. The predicted molar refractivity (Wildman–Crippen MR) is 114 cm³/mol. The van der Waals surface area contributed by atoms with Crippen LogP contribution in [0.15, 0.2) is 64.3 Å². The first-order valence-corrected chi connectivity index (χ1v) is 8.33. The lowest BCUT2D eigenvalue weighted by Gasteiger charge is -2.14. The Bertz CT molecular complexity index is 826. The molecule has 6 nitrogen and oxygen atoms in total. The van der Waals surface area contributed by atoms with Crippen LogP contribution in [0.1, 0.15) is 17.0 Å². The zero-order valence-electron chi connectivity index (χ0n) is 15.0. The van der Waals surface area contributed by atoms with Crippen LogP contribution in [-0.4, -0.2) is 29.3 Å². The zero-order chi connectivity index (χ0) is 17.5. The van der Waals surface area contributed by atoms with Crippen molar-refractivity contribution in [3.8, 4) is 5.69 Å². The van der Waals surface area contributed by atoms with Gasteiger partial charge in [0, 0.05) is 32.8 Å². The highest BCUT2D eigenvalue weighted by atomic mass is 127. The molecule has 1 aromatic carbocycles. The van der Waals surface area contributed by atoms with Crippen LogP contribution in [0, 0.1) is 6.92 Å².